The van der Waals surface area contributed by atoms with Crippen LogP contribution >= 0.6 is 0 Å². The molecule has 0 atom stereocenters. The normalized spacial score (nSPS) is 11.8. The molecule has 0 aliphatic rings. The molecule has 0 spiro atoms. The van der Waals surface area contributed by atoms with E-state index in [4.69, 9.17) is 0 Å². The summed E-state index contributed by atoms with van der Waals surface area (Å²) in [6.45, 7) is 6.52. The smallest absolute Gasteiger partial charge is 0.0542 e. The van der Waals surface area contributed by atoms with E-state index in [1.54, 1.807) is 0 Å². The molecule has 41 heavy (non-hydrogen) atoms. The van der Waals surface area contributed by atoms with E-state index in [2.05, 4.69) is 157 Å². The fourth-order valence-electron chi connectivity index (χ4n) is 6.58. The minimum absolute atomic E-state index is 1.16. The first-order valence-corrected chi connectivity index (χ1v) is 14.3. The van der Waals surface area contributed by atoms with Gasteiger partial charge in [-0.3, -0.25) is 0 Å². The van der Waals surface area contributed by atoms with Crippen molar-refractivity contribution in [1.82, 2.24) is 9.13 Å². The summed E-state index contributed by atoms with van der Waals surface area (Å²) in [4.78, 5) is 0. The second kappa shape index (κ2) is 8.97. The van der Waals surface area contributed by atoms with E-state index < -0.39 is 0 Å². The summed E-state index contributed by atoms with van der Waals surface area (Å²) >= 11 is 0. The fraction of sp³-hybridized carbons (Fsp3) is 0.0769. The molecule has 2 heteroatoms. The summed E-state index contributed by atoms with van der Waals surface area (Å²) in [5.74, 6) is 0. The SMILES string of the molecule is Cc1ccc2c(c1)c1ccccc1n2-c1ccc(-n2c3ccc(C)cc3c3cc(C)ccc32)c(-c2ccccc2)c1. The molecule has 0 saturated heterocycles. The summed E-state index contributed by atoms with van der Waals surface area (Å²) < 4.78 is 4.86. The van der Waals surface area contributed by atoms with Gasteiger partial charge in [-0.05, 0) is 87.0 Å². The van der Waals surface area contributed by atoms with E-state index in [1.165, 1.54) is 77.1 Å². The second-order valence-electron chi connectivity index (χ2n) is 11.3. The number of fused-ring (bicyclic) bond motifs is 6. The van der Waals surface area contributed by atoms with E-state index in [0.29, 0.717) is 0 Å². The van der Waals surface area contributed by atoms with Crippen molar-refractivity contribution in [3.05, 3.63) is 144 Å². The Balaban J connectivity index is 1.47. The molecule has 0 aliphatic heterocycles. The van der Waals surface area contributed by atoms with Crippen LogP contribution < -0.4 is 0 Å². The Morgan fingerprint density at radius 2 is 0.902 bits per heavy atom. The van der Waals surface area contributed by atoms with Crippen LogP contribution in [0.5, 0.6) is 0 Å². The second-order valence-corrected chi connectivity index (χ2v) is 11.3. The molecule has 0 fully saturated rings. The van der Waals surface area contributed by atoms with Gasteiger partial charge in [-0.2, -0.15) is 0 Å². The van der Waals surface area contributed by atoms with Crippen LogP contribution in [0.1, 0.15) is 16.7 Å². The van der Waals surface area contributed by atoms with Gasteiger partial charge >= 0.3 is 0 Å². The lowest BCUT2D eigenvalue weighted by Gasteiger charge is -2.17. The monoisotopic (exact) mass is 526 g/mol. The Morgan fingerprint density at radius 1 is 0.390 bits per heavy atom. The standard InChI is InChI=1S/C39H30N2/c1-25-13-17-37-32(21-25)30-11-7-8-12-35(30)40(37)29-16-20-36(31(24-29)28-9-5-4-6-10-28)41-38-18-14-26(2)22-33(38)34-23-27(3)15-19-39(34)41/h4-24H,1-3H3. The van der Waals surface area contributed by atoms with E-state index in [0.717, 1.165) is 5.69 Å². The molecule has 0 radical (unpaired) electrons. The number of aryl methyl sites for hydroxylation is 3. The predicted octanol–water partition coefficient (Wildman–Crippen LogP) is 10.5. The average molecular weight is 527 g/mol. The van der Waals surface area contributed by atoms with Gasteiger partial charge in [-0.25, -0.2) is 0 Å². The van der Waals surface area contributed by atoms with Gasteiger partial charge in [-0.1, -0.05) is 83.4 Å². The van der Waals surface area contributed by atoms with Crippen LogP contribution in [0, 0.1) is 20.8 Å². The largest absolute Gasteiger partial charge is 0.309 e. The summed E-state index contributed by atoms with van der Waals surface area (Å²) in [5.41, 5.74) is 13.5. The van der Waals surface area contributed by atoms with E-state index >= 15 is 0 Å². The molecule has 2 nitrogen and oxygen atoms in total. The molecule has 0 bridgehead atoms. The number of nitrogens with zero attached hydrogens (tertiary/aromatic N) is 2. The van der Waals surface area contributed by atoms with Crippen LogP contribution in [0.15, 0.2) is 127 Å². The molecule has 196 valence electrons. The zero-order valence-electron chi connectivity index (χ0n) is 23.5. The lowest BCUT2D eigenvalue weighted by Crippen LogP contribution is -2.01. The van der Waals surface area contributed by atoms with Crippen LogP contribution in [0.2, 0.25) is 0 Å². The highest BCUT2D eigenvalue weighted by Gasteiger charge is 2.18. The molecule has 0 unspecified atom stereocenters. The third-order valence-corrected chi connectivity index (χ3v) is 8.47. The zero-order valence-corrected chi connectivity index (χ0v) is 23.5. The molecular formula is C39H30N2. The summed E-state index contributed by atoms with van der Waals surface area (Å²) in [5, 5.41) is 5.16. The van der Waals surface area contributed by atoms with Crippen molar-refractivity contribution < 1.29 is 0 Å². The summed E-state index contributed by atoms with van der Waals surface area (Å²) in [7, 11) is 0. The number of hydrogen-bond acceptors (Lipinski definition) is 0. The van der Waals surface area contributed by atoms with Gasteiger partial charge in [0.2, 0.25) is 0 Å². The number of benzene rings is 6. The predicted molar refractivity (Wildman–Crippen MR) is 175 cm³/mol. The van der Waals surface area contributed by atoms with Gasteiger partial charge in [0.1, 0.15) is 0 Å². The van der Waals surface area contributed by atoms with Crippen molar-refractivity contribution in [1.29, 1.82) is 0 Å². The molecule has 8 rings (SSSR count). The molecular weight excluding hydrogens is 496 g/mol. The molecule has 0 amide bonds. The number of rotatable bonds is 3. The van der Waals surface area contributed by atoms with Crippen molar-refractivity contribution in [3.63, 3.8) is 0 Å². The third kappa shape index (κ3) is 3.64. The van der Waals surface area contributed by atoms with Crippen molar-refractivity contribution in [2.75, 3.05) is 0 Å². The van der Waals surface area contributed by atoms with Crippen molar-refractivity contribution in [3.8, 4) is 22.5 Å². The first kappa shape index (κ1) is 23.8. The Morgan fingerprint density at radius 3 is 1.54 bits per heavy atom. The first-order chi connectivity index (χ1) is 20.1. The molecule has 0 saturated carbocycles. The van der Waals surface area contributed by atoms with Crippen LogP contribution in [0.4, 0.5) is 0 Å². The Kier molecular flexibility index (Phi) is 5.20. The molecule has 2 aromatic heterocycles. The molecule has 8 aromatic rings. The Bertz CT molecular complexity index is 2220. The molecule has 2 heterocycles. The van der Waals surface area contributed by atoms with Crippen molar-refractivity contribution >= 4 is 43.6 Å². The van der Waals surface area contributed by atoms with Gasteiger partial charge in [0, 0.05) is 32.8 Å². The highest BCUT2D eigenvalue weighted by atomic mass is 15.0. The summed E-state index contributed by atoms with van der Waals surface area (Å²) in [6, 6.07) is 46.9. The zero-order chi connectivity index (χ0) is 27.7. The van der Waals surface area contributed by atoms with Crippen molar-refractivity contribution in [2.24, 2.45) is 0 Å². The molecule has 0 aliphatic carbocycles. The van der Waals surface area contributed by atoms with Crippen molar-refractivity contribution in [2.45, 2.75) is 20.8 Å². The van der Waals surface area contributed by atoms with E-state index in [9.17, 15) is 0 Å². The maximum atomic E-state index is 2.45. The lowest BCUT2D eigenvalue weighted by atomic mass is 10.0. The topological polar surface area (TPSA) is 9.86 Å². The fourth-order valence-corrected chi connectivity index (χ4v) is 6.58. The van der Waals surface area contributed by atoms with Gasteiger partial charge in [0.15, 0.2) is 0 Å². The third-order valence-electron chi connectivity index (χ3n) is 8.47. The maximum Gasteiger partial charge on any atom is 0.0542 e. The maximum absolute atomic E-state index is 2.45. The van der Waals surface area contributed by atoms with Gasteiger partial charge in [-0.15, -0.1) is 0 Å². The Labute approximate surface area is 239 Å². The van der Waals surface area contributed by atoms with Gasteiger partial charge < -0.3 is 9.13 Å². The van der Waals surface area contributed by atoms with Crippen LogP contribution in [0.25, 0.3) is 66.1 Å². The van der Waals surface area contributed by atoms with E-state index in [1.807, 2.05) is 0 Å². The number of hydrogen-bond donors (Lipinski definition) is 0. The highest BCUT2D eigenvalue weighted by molar-refractivity contribution is 6.11. The van der Waals surface area contributed by atoms with Gasteiger partial charge in [0.25, 0.3) is 0 Å². The molecule has 0 N–H and O–H groups in total. The number of aromatic nitrogens is 2. The lowest BCUT2D eigenvalue weighted by molar-refractivity contribution is 1.14. The molecule has 6 aromatic carbocycles. The van der Waals surface area contributed by atoms with E-state index in [-0.39, 0.29) is 0 Å². The number of para-hydroxylation sites is 1. The van der Waals surface area contributed by atoms with Crippen LogP contribution in [0.3, 0.4) is 0 Å². The highest BCUT2D eigenvalue weighted by Crippen LogP contribution is 2.39. The minimum atomic E-state index is 1.16. The Hall–Kier alpha value is -5.08. The quantitative estimate of drug-likeness (QED) is 0.217. The van der Waals surface area contributed by atoms with Crippen LogP contribution in [-0.2, 0) is 0 Å². The minimum Gasteiger partial charge on any atom is -0.309 e. The first-order valence-electron chi connectivity index (χ1n) is 14.3. The summed E-state index contributed by atoms with van der Waals surface area (Å²) in [6.07, 6.45) is 0. The van der Waals surface area contributed by atoms with Crippen LogP contribution in [-0.4, -0.2) is 9.13 Å². The van der Waals surface area contributed by atoms with Gasteiger partial charge in [0.05, 0.1) is 27.8 Å². The average Bonchev–Trinajstić information content (AvgIpc) is 3.49.